The Morgan fingerprint density at radius 1 is 1.33 bits per heavy atom. The molecule has 2 rings (SSSR count). The van der Waals surface area contributed by atoms with Gasteiger partial charge in [-0.1, -0.05) is 25.5 Å². The van der Waals surface area contributed by atoms with Crippen molar-refractivity contribution in [3.8, 4) is 0 Å². The number of alkyl halides is 1. The number of rotatable bonds is 7. The van der Waals surface area contributed by atoms with Crippen molar-refractivity contribution in [1.29, 1.82) is 0 Å². The van der Waals surface area contributed by atoms with Crippen LogP contribution in [0.3, 0.4) is 0 Å². The van der Waals surface area contributed by atoms with Crippen LogP contribution in [-0.4, -0.2) is 22.8 Å². The number of nitrogens with zero attached hydrogens (tertiary/aromatic N) is 2. The normalized spacial score (nSPS) is 12.7. The molecule has 5 heteroatoms. The molecule has 114 valence electrons. The van der Waals surface area contributed by atoms with Crippen LogP contribution in [0.25, 0.3) is 10.9 Å². The van der Waals surface area contributed by atoms with Crippen LogP contribution in [0.4, 0.5) is 0 Å². The van der Waals surface area contributed by atoms with Gasteiger partial charge < -0.3 is 4.74 Å². The van der Waals surface area contributed by atoms with Gasteiger partial charge in [-0.25, -0.2) is 4.98 Å². The van der Waals surface area contributed by atoms with E-state index in [1.54, 1.807) is 10.6 Å². The number of ether oxygens (including phenoxy) is 1. The van der Waals surface area contributed by atoms with Crippen LogP contribution in [0.15, 0.2) is 29.1 Å². The summed E-state index contributed by atoms with van der Waals surface area (Å²) in [6, 6.07) is 7.34. The number of aromatic nitrogens is 2. The number of benzene rings is 1. The van der Waals surface area contributed by atoms with Crippen molar-refractivity contribution in [3.63, 3.8) is 0 Å². The first-order valence-electron chi connectivity index (χ1n) is 7.36. The lowest BCUT2D eigenvalue weighted by atomic mass is 10.2. The second kappa shape index (κ2) is 7.57. The highest BCUT2D eigenvalue weighted by Crippen LogP contribution is 2.18. The molecule has 21 heavy (non-hydrogen) atoms. The maximum Gasteiger partial charge on any atom is 0.261 e. The van der Waals surface area contributed by atoms with Gasteiger partial charge >= 0.3 is 0 Å². The maximum absolute atomic E-state index is 12.6. The number of hydrogen-bond donors (Lipinski definition) is 0. The van der Waals surface area contributed by atoms with Crippen LogP contribution in [0.5, 0.6) is 0 Å². The third-order valence-corrected chi connectivity index (χ3v) is 3.54. The van der Waals surface area contributed by atoms with Gasteiger partial charge in [-0.15, -0.1) is 11.6 Å². The summed E-state index contributed by atoms with van der Waals surface area (Å²) in [4.78, 5) is 17.1. The third kappa shape index (κ3) is 3.83. The highest BCUT2D eigenvalue weighted by atomic mass is 35.5. The highest BCUT2D eigenvalue weighted by molar-refractivity contribution is 6.20. The Hall–Kier alpha value is -1.39. The van der Waals surface area contributed by atoms with Gasteiger partial charge in [0.15, 0.2) is 0 Å². The van der Waals surface area contributed by atoms with Crippen LogP contribution in [0.1, 0.15) is 37.9 Å². The van der Waals surface area contributed by atoms with Gasteiger partial charge in [0.25, 0.3) is 5.56 Å². The van der Waals surface area contributed by atoms with Crippen molar-refractivity contribution in [2.45, 2.75) is 38.6 Å². The Morgan fingerprint density at radius 3 is 2.81 bits per heavy atom. The summed E-state index contributed by atoms with van der Waals surface area (Å²) < 4.78 is 7.18. The molecule has 0 aliphatic heterocycles. The first kappa shape index (κ1) is 16.0. The average Bonchev–Trinajstić information content (AvgIpc) is 2.48. The monoisotopic (exact) mass is 308 g/mol. The summed E-state index contributed by atoms with van der Waals surface area (Å²) >= 11 is 6.18. The van der Waals surface area contributed by atoms with Gasteiger partial charge in [0.05, 0.1) is 29.4 Å². The molecule has 0 bridgehead atoms. The topological polar surface area (TPSA) is 44.1 Å². The van der Waals surface area contributed by atoms with E-state index in [4.69, 9.17) is 16.3 Å². The quantitative estimate of drug-likeness (QED) is 0.581. The zero-order chi connectivity index (χ0) is 15.2. The molecule has 1 aromatic heterocycles. The minimum Gasteiger partial charge on any atom is -0.380 e. The zero-order valence-corrected chi connectivity index (χ0v) is 13.3. The van der Waals surface area contributed by atoms with Crippen LogP contribution < -0.4 is 5.56 Å². The summed E-state index contributed by atoms with van der Waals surface area (Å²) in [5.41, 5.74) is 0.635. The number of hydrogen-bond acceptors (Lipinski definition) is 3. The molecule has 0 saturated carbocycles. The molecule has 0 saturated heterocycles. The van der Waals surface area contributed by atoms with Crippen molar-refractivity contribution in [2.24, 2.45) is 0 Å². The van der Waals surface area contributed by atoms with E-state index in [0.717, 1.165) is 19.4 Å². The van der Waals surface area contributed by atoms with Crippen LogP contribution in [0, 0.1) is 0 Å². The molecule has 0 fully saturated rings. The lowest BCUT2D eigenvalue weighted by Gasteiger charge is -2.15. The predicted octanol–water partition coefficient (Wildman–Crippen LogP) is 3.51. The lowest BCUT2D eigenvalue weighted by Crippen LogP contribution is -2.27. The number of halogens is 1. The van der Waals surface area contributed by atoms with Crippen molar-refractivity contribution >= 4 is 22.5 Å². The van der Waals surface area contributed by atoms with Crippen LogP contribution in [0.2, 0.25) is 0 Å². The van der Waals surface area contributed by atoms with Gasteiger partial charge in [0.2, 0.25) is 0 Å². The molecule has 0 aliphatic rings. The van der Waals surface area contributed by atoms with Gasteiger partial charge in [-0.2, -0.15) is 0 Å². The summed E-state index contributed by atoms with van der Waals surface area (Å²) in [5, 5.41) is 0.296. The fourth-order valence-corrected chi connectivity index (χ4v) is 2.38. The van der Waals surface area contributed by atoms with E-state index in [2.05, 4.69) is 11.9 Å². The second-order valence-corrected chi connectivity index (χ2v) is 5.68. The highest BCUT2D eigenvalue weighted by Gasteiger charge is 2.14. The van der Waals surface area contributed by atoms with Crippen molar-refractivity contribution in [1.82, 2.24) is 9.55 Å². The summed E-state index contributed by atoms with van der Waals surface area (Å²) in [5.74, 6) is 0.597. The smallest absolute Gasteiger partial charge is 0.261 e. The van der Waals surface area contributed by atoms with Crippen LogP contribution >= 0.6 is 11.6 Å². The molecule has 1 unspecified atom stereocenters. The van der Waals surface area contributed by atoms with Gasteiger partial charge in [-0.3, -0.25) is 9.36 Å². The minimum atomic E-state index is -0.321. The molecule has 1 heterocycles. The zero-order valence-electron chi connectivity index (χ0n) is 12.5. The molecule has 0 spiro atoms. The van der Waals surface area contributed by atoms with E-state index < -0.39 is 0 Å². The molecule has 0 N–H and O–H groups in total. The Balaban J connectivity index is 2.29. The number of para-hydroxylation sites is 1. The van der Waals surface area contributed by atoms with E-state index in [1.807, 2.05) is 25.1 Å². The first-order valence-corrected chi connectivity index (χ1v) is 7.80. The van der Waals surface area contributed by atoms with E-state index >= 15 is 0 Å². The van der Waals surface area contributed by atoms with Crippen molar-refractivity contribution < 1.29 is 4.74 Å². The fourth-order valence-electron chi connectivity index (χ4n) is 2.21. The number of unbranched alkanes of at least 4 members (excludes halogenated alkanes) is 1. The predicted molar refractivity (Wildman–Crippen MR) is 86.0 cm³/mol. The maximum atomic E-state index is 12.6. The Bertz CT molecular complexity index is 652. The molecule has 1 atom stereocenters. The van der Waals surface area contributed by atoms with E-state index in [9.17, 15) is 4.79 Å². The summed E-state index contributed by atoms with van der Waals surface area (Å²) in [7, 11) is 0. The minimum absolute atomic E-state index is 0.0535. The third-order valence-electron chi connectivity index (χ3n) is 3.35. The SMILES string of the molecule is CCCCOCCn1c(C(C)Cl)nc2ccccc2c1=O. The summed E-state index contributed by atoms with van der Waals surface area (Å²) in [6.45, 7) is 5.64. The lowest BCUT2D eigenvalue weighted by molar-refractivity contribution is 0.122. The van der Waals surface area contributed by atoms with Gasteiger partial charge in [-0.05, 0) is 25.5 Å². The largest absolute Gasteiger partial charge is 0.380 e. The van der Waals surface area contributed by atoms with Crippen molar-refractivity contribution in [2.75, 3.05) is 13.2 Å². The molecular formula is C16H21ClN2O2. The molecule has 0 aliphatic carbocycles. The molecule has 0 radical (unpaired) electrons. The Kier molecular flexibility index (Phi) is 5.76. The van der Waals surface area contributed by atoms with E-state index in [-0.39, 0.29) is 10.9 Å². The Labute approximate surface area is 129 Å². The van der Waals surface area contributed by atoms with Gasteiger partial charge in [0, 0.05) is 6.61 Å². The molecule has 4 nitrogen and oxygen atoms in total. The first-order chi connectivity index (χ1) is 10.1. The number of fused-ring (bicyclic) bond motifs is 1. The molecule has 0 amide bonds. The molecule has 2 aromatic rings. The van der Waals surface area contributed by atoms with Crippen LogP contribution in [-0.2, 0) is 11.3 Å². The average molecular weight is 309 g/mol. The van der Waals surface area contributed by atoms with Gasteiger partial charge in [0.1, 0.15) is 5.82 Å². The fraction of sp³-hybridized carbons (Fsp3) is 0.500. The standard InChI is InChI=1S/C16H21ClN2O2/c1-3-4-10-21-11-9-19-15(12(2)17)18-14-8-6-5-7-13(14)16(19)20/h5-8,12H,3-4,9-11H2,1-2H3. The Morgan fingerprint density at radius 2 is 2.10 bits per heavy atom. The van der Waals surface area contributed by atoms with E-state index in [1.165, 1.54) is 0 Å². The van der Waals surface area contributed by atoms with Crippen molar-refractivity contribution in [3.05, 3.63) is 40.4 Å². The molecule has 1 aromatic carbocycles. The van der Waals surface area contributed by atoms with E-state index in [0.29, 0.717) is 29.9 Å². The second-order valence-electron chi connectivity index (χ2n) is 5.03. The molecular weight excluding hydrogens is 288 g/mol. The summed E-state index contributed by atoms with van der Waals surface area (Å²) in [6.07, 6.45) is 2.13.